The summed E-state index contributed by atoms with van der Waals surface area (Å²) in [6.45, 7) is 6.95. The van der Waals surface area contributed by atoms with Gasteiger partial charge in [0.1, 0.15) is 15.1 Å². The maximum Gasteiger partial charge on any atom is 0.212 e. The second-order valence-electron chi connectivity index (χ2n) is 7.35. The largest absolute Gasteiger partial charge is 0.212 e. The summed E-state index contributed by atoms with van der Waals surface area (Å²) in [7, 11) is 0.218. The highest BCUT2D eigenvalue weighted by Gasteiger charge is 2.42. The average molecular weight is 342 g/mol. The molecule has 1 aliphatic heterocycles. The third kappa shape index (κ3) is 2.11. The molecule has 0 spiro atoms. The van der Waals surface area contributed by atoms with Gasteiger partial charge in [-0.2, -0.15) is 5.26 Å². The number of pyridine rings is 1. The Kier molecular flexibility index (Phi) is 3.42. The number of hydrogen-bond donors (Lipinski definition) is 0. The molecule has 0 saturated carbocycles. The lowest BCUT2D eigenvalue weighted by Gasteiger charge is -2.22. The van der Waals surface area contributed by atoms with E-state index in [1.165, 1.54) is 38.3 Å². The van der Waals surface area contributed by atoms with E-state index in [9.17, 15) is 5.26 Å². The van der Waals surface area contributed by atoms with Gasteiger partial charge in [-0.15, -0.1) is 0 Å². The molecule has 0 fully saturated rings. The lowest BCUT2D eigenvalue weighted by atomic mass is 9.93. The molecule has 2 aromatic carbocycles. The van der Waals surface area contributed by atoms with Gasteiger partial charge in [-0.25, -0.2) is 4.57 Å². The first-order valence-corrected chi connectivity index (χ1v) is 11.6. The number of rotatable bonds is 1. The summed E-state index contributed by atoms with van der Waals surface area (Å²) in [5, 5.41) is 12.6. The van der Waals surface area contributed by atoms with E-state index in [-0.39, 0.29) is 0 Å². The Morgan fingerprint density at radius 2 is 1.72 bits per heavy atom. The Balaban J connectivity index is 2.20. The monoisotopic (exact) mass is 341 g/mol. The summed E-state index contributed by atoms with van der Waals surface area (Å²) in [6.07, 6.45) is 2.09. The van der Waals surface area contributed by atoms with Gasteiger partial charge in [-0.1, -0.05) is 37.4 Å². The first-order chi connectivity index (χ1) is 12.0. The fourth-order valence-corrected chi connectivity index (χ4v) is 7.81. The smallest absolute Gasteiger partial charge is 0.201 e. The molecular weight excluding hydrogens is 320 g/mol. The number of nitrogens with zero attached hydrogens (tertiary/aromatic N) is 2. The van der Waals surface area contributed by atoms with E-state index in [2.05, 4.69) is 92.4 Å². The molecule has 1 aliphatic rings. The Morgan fingerprint density at radius 3 is 2.44 bits per heavy atom. The second-order valence-corrected chi connectivity index (χ2v) is 11.6. The van der Waals surface area contributed by atoms with Crippen molar-refractivity contribution in [2.45, 2.75) is 20.0 Å². The fourth-order valence-electron chi connectivity index (χ4n) is 4.30. The van der Waals surface area contributed by atoms with E-state index < -0.39 is 8.07 Å². The van der Waals surface area contributed by atoms with Gasteiger partial charge in [-0.3, -0.25) is 0 Å². The number of fused-ring (bicyclic) bond motifs is 3. The number of nitriles is 1. The van der Waals surface area contributed by atoms with E-state index in [0.717, 1.165) is 5.56 Å². The van der Waals surface area contributed by atoms with Crippen LogP contribution in [-0.2, 0) is 7.05 Å². The van der Waals surface area contributed by atoms with Gasteiger partial charge in [0.15, 0.2) is 6.20 Å². The molecule has 2 heterocycles. The second kappa shape index (κ2) is 5.40. The van der Waals surface area contributed by atoms with Crippen LogP contribution >= 0.6 is 0 Å². The van der Waals surface area contributed by atoms with E-state index in [1.807, 2.05) is 0 Å². The van der Waals surface area contributed by atoms with E-state index in [4.69, 9.17) is 0 Å². The van der Waals surface area contributed by atoms with E-state index in [0.29, 0.717) is 0 Å². The highest BCUT2D eigenvalue weighted by molar-refractivity contribution is 7.04. The van der Waals surface area contributed by atoms with Crippen molar-refractivity contribution >= 4 is 18.4 Å². The van der Waals surface area contributed by atoms with Crippen LogP contribution in [0.1, 0.15) is 11.1 Å². The van der Waals surface area contributed by atoms with Crippen LogP contribution in [0.25, 0.3) is 22.4 Å². The molecule has 3 aromatic rings. The highest BCUT2D eigenvalue weighted by atomic mass is 28.3. The molecule has 0 atom stereocenters. The zero-order valence-corrected chi connectivity index (χ0v) is 16.1. The predicted octanol–water partition coefficient (Wildman–Crippen LogP) is 3.16. The van der Waals surface area contributed by atoms with Crippen LogP contribution in [-0.4, -0.2) is 8.07 Å². The first kappa shape index (κ1) is 15.8. The van der Waals surface area contributed by atoms with Crippen molar-refractivity contribution in [2.75, 3.05) is 0 Å². The number of benzene rings is 2. The summed E-state index contributed by atoms with van der Waals surface area (Å²) in [4.78, 5) is 0. The van der Waals surface area contributed by atoms with Crippen LogP contribution in [0.15, 0.2) is 54.7 Å². The quantitative estimate of drug-likeness (QED) is 0.493. The summed E-state index contributed by atoms with van der Waals surface area (Å²) in [5.41, 5.74) is 6.94. The van der Waals surface area contributed by atoms with E-state index >= 15 is 0 Å². The standard InChI is InChI=1S/C22H21N2Si/c1-15-13-16(14-23)21-17-9-5-6-11-19(17)25(3,4)22(21)20(15)18-10-7-8-12-24(18)2/h5-13H,1-4H3/q+1. The maximum absolute atomic E-state index is 9.80. The molecule has 0 N–H and O–H groups in total. The number of hydrogen-bond acceptors (Lipinski definition) is 1. The molecule has 0 radical (unpaired) electrons. The topological polar surface area (TPSA) is 27.7 Å². The van der Waals surface area contributed by atoms with Gasteiger partial charge < -0.3 is 0 Å². The summed E-state index contributed by atoms with van der Waals surface area (Å²) in [6, 6.07) is 19.5. The predicted molar refractivity (Wildman–Crippen MR) is 105 cm³/mol. The normalized spacial score (nSPS) is 13.9. The van der Waals surface area contributed by atoms with Crippen LogP contribution in [0, 0.1) is 18.3 Å². The molecular formula is C22H21N2Si+. The molecule has 4 rings (SSSR count). The van der Waals surface area contributed by atoms with Gasteiger partial charge in [0, 0.05) is 17.7 Å². The number of aromatic nitrogens is 1. The fraction of sp³-hybridized carbons (Fsp3) is 0.182. The molecule has 3 heteroatoms. The summed E-state index contributed by atoms with van der Waals surface area (Å²) >= 11 is 0. The third-order valence-electron chi connectivity index (χ3n) is 5.45. The van der Waals surface area contributed by atoms with Crippen molar-refractivity contribution in [1.29, 1.82) is 5.26 Å². The summed E-state index contributed by atoms with van der Waals surface area (Å²) < 4.78 is 2.18. The average Bonchev–Trinajstić information content (AvgIpc) is 2.84. The Hall–Kier alpha value is -2.70. The minimum atomic E-state index is -1.88. The molecule has 0 aliphatic carbocycles. The number of aryl methyl sites for hydroxylation is 2. The molecule has 0 unspecified atom stereocenters. The maximum atomic E-state index is 9.80. The van der Waals surface area contributed by atoms with Gasteiger partial charge >= 0.3 is 0 Å². The van der Waals surface area contributed by atoms with Crippen LogP contribution in [0.2, 0.25) is 13.1 Å². The molecule has 0 amide bonds. The lowest BCUT2D eigenvalue weighted by Crippen LogP contribution is -2.51. The SMILES string of the molecule is Cc1cc(C#N)c2c(c1-c1cccc[n+]1C)[Si](C)(C)c1ccccc1-2. The zero-order chi connectivity index (χ0) is 17.8. The van der Waals surface area contributed by atoms with Gasteiger partial charge in [0.2, 0.25) is 5.69 Å². The summed E-state index contributed by atoms with van der Waals surface area (Å²) in [5.74, 6) is 0. The van der Waals surface area contributed by atoms with Crippen LogP contribution in [0.5, 0.6) is 0 Å². The Labute approximate surface area is 150 Å². The van der Waals surface area contributed by atoms with Crippen LogP contribution < -0.4 is 14.9 Å². The van der Waals surface area contributed by atoms with Crippen molar-refractivity contribution in [2.24, 2.45) is 7.05 Å². The molecule has 122 valence electrons. The van der Waals surface area contributed by atoms with Crippen molar-refractivity contribution in [3.8, 4) is 28.5 Å². The third-order valence-corrected chi connectivity index (χ3v) is 8.98. The lowest BCUT2D eigenvalue weighted by molar-refractivity contribution is -0.660. The minimum Gasteiger partial charge on any atom is -0.201 e. The molecule has 2 nitrogen and oxygen atoms in total. The van der Waals surface area contributed by atoms with Gasteiger partial charge in [0.05, 0.1) is 11.6 Å². The molecule has 0 bridgehead atoms. The van der Waals surface area contributed by atoms with Gasteiger partial charge in [-0.05, 0) is 46.1 Å². The van der Waals surface area contributed by atoms with Crippen molar-refractivity contribution < 1.29 is 4.57 Å². The van der Waals surface area contributed by atoms with Crippen LogP contribution in [0.3, 0.4) is 0 Å². The first-order valence-electron chi connectivity index (χ1n) is 8.60. The Bertz CT molecular complexity index is 1060. The van der Waals surface area contributed by atoms with Crippen molar-refractivity contribution in [3.05, 3.63) is 65.9 Å². The minimum absolute atomic E-state index is 0.806. The molecule has 0 saturated heterocycles. The van der Waals surface area contributed by atoms with Gasteiger partial charge in [0.25, 0.3) is 0 Å². The van der Waals surface area contributed by atoms with E-state index in [1.54, 1.807) is 0 Å². The van der Waals surface area contributed by atoms with Crippen LogP contribution in [0.4, 0.5) is 0 Å². The molecule has 1 aromatic heterocycles. The zero-order valence-electron chi connectivity index (χ0n) is 15.1. The Morgan fingerprint density at radius 1 is 1.00 bits per heavy atom. The van der Waals surface area contributed by atoms with Crippen molar-refractivity contribution in [1.82, 2.24) is 0 Å². The highest BCUT2D eigenvalue weighted by Crippen LogP contribution is 2.36. The van der Waals surface area contributed by atoms with Crippen molar-refractivity contribution in [3.63, 3.8) is 0 Å². The molecule has 25 heavy (non-hydrogen) atoms.